The maximum absolute atomic E-state index is 4.61. The molecule has 116 valence electrons. The van der Waals surface area contributed by atoms with E-state index in [9.17, 15) is 0 Å². The third-order valence-corrected chi connectivity index (χ3v) is 4.28. The lowest BCUT2D eigenvalue weighted by Crippen LogP contribution is -2.19. The maximum Gasteiger partial charge on any atom is 0.0839 e. The highest BCUT2D eigenvalue weighted by Gasteiger charge is 2.13. The zero-order chi connectivity index (χ0) is 15.4. The van der Waals surface area contributed by atoms with Gasteiger partial charge in [-0.2, -0.15) is 10.2 Å². The van der Waals surface area contributed by atoms with Gasteiger partial charge in [0.05, 0.1) is 28.1 Å². The normalized spacial score (nSPS) is 11.5. The third-order valence-electron chi connectivity index (χ3n) is 3.37. The molecule has 2 heterocycles. The smallest absolute Gasteiger partial charge is 0.0839 e. The minimum absolute atomic E-state index is 0.657. The number of nitrogens with zero attached hydrogens (tertiary/aromatic N) is 4. The molecular formula is C15H24BrN5. The SMILES string of the molecule is CCc1nn(C)c(Cn2ccc(CNCC(C)C)n2)c1Br. The molecule has 1 N–H and O–H groups in total. The van der Waals surface area contributed by atoms with Gasteiger partial charge in [-0.1, -0.05) is 20.8 Å². The molecule has 0 aliphatic heterocycles. The summed E-state index contributed by atoms with van der Waals surface area (Å²) in [5, 5.41) is 12.5. The van der Waals surface area contributed by atoms with Gasteiger partial charge in [0.2, 0.25) is 0 Å². The zero-order valence-corrected chi connectivity index (χ0v) is 14.8. The van der Waals surface area contributed by atoms with Gasteiger partial charge in [-0.3, -0.25) is 9.36 Å². The fourth-order valence-corrected chi connectivity index (χ4v) is 2.96. The van der Waals surface area contributed by atoms with E-state index in [1.165, 1.54) is 0 Å². The molecule has 0 saturated carbocycles. The topological polar surface area (TPSA) is 47.7 Å². The van der Waals surface area contributed by atoms with E-state index >= 15 is 0 Å². The summed E-state index contributed by atoms with van der Waals surface area (Å²) in [6.07, 6.45) is 2.95. The van der Waals surface area contributed by atoms with E-state index in [0.717, 1.165) is 47.6 Å². The van der Waals surface area contributed by atoms with Crippen LogP contribution >= 0.6 is 15.9 Å². The van der Waals surface area contributed by atoms with Crippen molar-refractivity contribution < 1.29 is 0 Å². The second-order valence-electron chi connectivity index (χ2n) is 5.71. The number of hydrogen-bond acceptors (Lipinski definition) is 3. The summed E-state index contributed by atoms with van der Waals surface area (Å²) in [7, 11) is 1.98. The fourth-order valence-electron chi connectivity index (χ4n) is 2.22. The van der Waals surface area contributed by atoms with Gasteiger partial charge in [-0.05, 0) is 40.9 Å². The molecule has 0 spiro atoms. The molecule has 0 amide bonds. The highest BCUT2D eigenvalue weighted by Crippen LogP contribution is 2.22. The van der Waals surface area contributed by atoms with Gasteiger partial charge in [0.15, 0.2) is 0 Å². The van der Waals surface area contributed by atoms with Crippen molar-refractivity contribution in [3.63, 3.8) is 0 Å². The van der Waals surface area contributed by atoms with E-state index < -0.39 is 0 Å². The van der Waals surface area contributed by atoms with Crippen LogP contribution in [0.25, 0.3) is 0 Å². The van der Waals surface area contributed by atoms with Gasteiger partial charge >= 0.3 is 0 Å². The predicted octanol–water partition coefficient (Wildman–Crippen LogP) is 2.74. The molecule has 0 aliphatic rings. The molecule has 0 aromatic carbocycles. The third kappa shape index (κ3) is 4.17. The molecule has 0 saturated heterocycles. The Bertz CT molecular complexity index is 585. The van der Waals surface area contributed by atoms with Crippen LogP contribution in [0.4, 0.5) is 0 Å². The van der Waals surface area contributed by atoms with Gasteiger partial charge < -0.3 is 5.32 Å². The van der Waals surface area contributed by atoms with E-state index in [1.54, 1.807) is 0 Å². The molecule has 0 fully saturated rings. The van der Waals surface area contributed by atoms with Crippen LogP contribution in [-0.2, 0) is 26.6 Å². The monoisotopic (exact) mass is 353 g/mol. The molecule has 21 heavy (non-hydrogen) atoms. The predicted molar refractivity (Wildman–Crippen MR) is 88.2 cm³/mol. The molecule has 0 radical (unpaired) electrons. The van der Waals surface area contributed by atoms with Crippen LogP contribution in [-0.4, -0.2) is 26.1 Å². The van der Waals surface area contributed by atoms with E-state index in [1.807, 2.05) is 22.6 Å². The van der Waals surface area contributed by atoms with Crippen molar-refractivity contribution >= 4 is 15.9 Å². The lowest BCUT2D eigenvalue weighted by molar-refractivity contribution is 0.541. The minimum atomic E-state index is 0.657. The first-order chi connectivity index (χ1) is 10.0. The Hall–Kier alpha value is -1.14. The van der Waals surface area contributed by atoms with Crippen LogP contribution in [0, 0.1) is 5.92 Å². The maximum atomic E-state index is 4.61. The lowest BCUT2D eigenvalue weighted by atomic mass is 10.2. The van der Waals surface area contributed by atoms with Gasteiger partial charge in [0.25, 0.3) is 0 Å². The Morgan fingerprint density at radius 1 is 1.33 bits per heavy atom. The highest BCUT2D eigenvalue weighted by atomic mass is 79.9. The van der Waals surface area contributed by atoms with Crippen LogP contribution in [0.5, 0.6) is 0 Å². The molecule has 6 heteroatoms. The van der Waals surface area contributed by atoms with Crippen molar-refractivity contribution in [1.82, 2.24) is 24.9 Å². The van der Waals surface area contributed by atoms with Gasteiger partial charge in [-0.25, -0.2) is 0 Å². The number of aromatic nitrogens is 4. The molecular weight excluding hydrogens is 330 g/mol. The van der Waals surface area contributed by atoms with Gasteiger partial charge in [-0.15, -0.1) is 0 Å². The summed E-state index contributed by atoms with van der Waals surface area (Å²) < 4.78 is 5.00. The van der Waals surface area contributed by atoms with Gasteiger partial charge in [0.1, 0.15) is 0 Å². The summed E-state index contributed by atoms with van der Waals surface area (Å²) in [5.74, 6) is 0.657. The van der Waals surface area contributed by atoms with Crippen LogP contribution in [0.3, 0.4) is 0 Å². The molecule has 0 aliphatic carbocycles. The second kappa shape index (κ2) is 7.22. The number of halogens is 1. The number of hydrogen-bond donors (Lipinski definition) is 1. The van der Waals surface area contributed by atoms with E-state index in [-0.39, 0.29) is 0 Å². The Morgan fingerprint density at radius 3 is 2.71 bits per heavy atom. The van der Waals surface area contributed by atoms with Crippen LogP contribution < -0.4 is 5.32 Å². The minimum Gasteiger partial charge on any atom is -0.311 e. The van der Waals surface area contributed by atoms with Crippen molar-refractivity contribution in [2.45, 2.75) is 40.3 Å². The lowest BCUT2D eigenvalue weighted by Gasteiger charge is -2.05. The number of rotatable bonds is 7. The van der Waals surface area contributed by atoms with Crippen molar-refractivity contribution in [2.75, 3.05) is 6.54 Å². The molecule has 0 atom stereocenters. The molecule has 0 bridgehead atoms. The van der Waals surface area contributed by atoms with Crippen LogP contribution in [0.2, 0.25) is 0 Å². The Balaban J connectivity index is 2.01. The van der Waals surface area contributed by atoms with Crippen molar-refractivity contribution in [3.8, 4) is 0 Å². The first-order valence-corrected chi connectivity index (χ1v) is 8.23. The summed E-state index contributed by atoms with van der Waals surface area (Å²) in [4.78, 5) is 0. The van der Waals surface area contributed by atoms with Gasteiger partial charge in [0, 0.05) is 19.8 Å². The first kappa shape index (κ1) is 16.2. The average molecular weight is 354 g/mol. The number of nitrogens with one attached hydrogen (secondary N) is 1. The fraction of sp³-hybridized carbons (Fsp3) is 0.600. The molecule has 5 nitrogen and oxygen atoms in total. The first-order valence-electron chi connectivity index (χ1n) is 7.44. The molecule has 0 unspecified atom stereocenters. The molecule has 2 aromatic rings. The zero-order valence-electron chi connectivity index (χ0n) is 13.2. The Kier molecular flexibility index (Phi) is 5.58. The van der Waals surface area contributed by atoms with E-state index in [2.05, 4.69) is 58.3 Å². The van der Waals surface area contributed by atoms with Crippen molar-refractivity contribution in [1.29, 1.82) is 0 Å². The second-order valence-corrected chi connectivity index (χ2v) is 6.51. The van der Waals surface area contributed by atoms with E-state index in [0.29, 0.717) is 5.92 Å². The van der Waals surface area contributed by atoms with E-state index in [4.69, 9.17) is 0 Å². The van der Waals surface area contributed by atoms with Crippen LogP contribution in [0.1, 0.15) is 37.9 Å². The molecule has 2 aromatic heterocycles. The Labute approximate surface area is 134 Å². The summed E-state index contributed by atoms with van der Waals surface area (Å²) in [6, 6.07) is 2.07. The molecule has 2 rings (SSSR count). The largest absolute Gasteiger partial charge is 0.311 e. The summed E-state index contributed by atoms with van der Waals surface area (Å²) in [6.45, 7) is 9.09. The van der Waals surface area contributed by atoms with Crippen molar-refractivity contribution in [3.05, 3.63) is 33.8 Å². The Morgan fingerprint density at radius 2 is 2.10 bits per heavy atom. The summed E-state index contributed by atoms with van der Waals surface area (Å²) >= 11 is 3.65. The standard InChI is InChI=1S/C15H24BrN5/c1-5-13-15(16)14(20(4)19-13)10-21-7-6-12(18-21)9-17-8-11(2)3/h6-7,11,17H,5,8-10H2,1-4H3. The quantitative estimate of drug-likeness (QED) is 0.832. The van der Waals surface area contributed by atoms with Crippen LogP contribution in [0.15, 0.2) is 16.7 Å². The highest BCUT2D eigenvalue weighted by molar-refractivity contribution is 9.10. The number of aryl methyl sites for hydroxylation is 2. The summed E-state index contributed by atoms with van der Waals surface area (Å²) in [5.41, 5.74) is 3.32. The van der Waals surface area contributed by atoms with Crippen molar-refractivity contribution in [2.24, 2.45) is 13.0 Å². The average Bonchev–Trinajstić information content (AvgIpc) is 2.98.